The van der Waals surface area contributed by atoms with E-state index >= 15 is 0 Å². The van der Waals surface area contributed by atoms with E-state index in [2.05, 4.69) is 5.16 Å². The third kappa shape index (κ3) is 2.84. The zero-order valence-corrected chi connectivity index (χ0v) is 9.92. The second kappa shape index (κ2) is 4.99. The van der Waals surface area contributed by atoms with Crippen molar-refractivity contribution < 1.29 is 14.4 Å². The number of ether oxygens (including phenoxy) is 1. The van der Waals surface area contributed by atoms with Crippen molar-refractivity contribution in [3.05, 3.63) is 35.9 Å². The Kier molecular flexibility index (Phi) is 3.42. The van der Waals surface area contributed by atoms with Gasteiger partial charge >= 0.3 is 5.97 Å². The summed E-state index contributed by atoms with van der Waals surface area (Å²) >= 11 is 0. The first kappa shape index (κ1) is 11.6. The molecule has 1 aromatic carbocycles. The lowest BCUT2D eigenvalue weighted by Gasteiger charge is -2.08. The summed E-state index contributed by atoms with van der Waals surface area (Å²) in [6.45, 7) is 3.62. The summed E-state index contributed by atoms with van der Waals surface area (Å²) in [7, 11) is 0. The molecule has 0 aromatic heterocycles. The Morgan fingerprint density at radius 2 is 2.12 bits per heavy atom. The predicted octanol–water partition coefficient (Wildman–Crippen LogP) is 2.46. The lowest BCUT2D eigenvalue weighted by Crippen LogP contribution is -2.20. The number of carbonyl (C=O) groups excluding carboxylic acids is 1. The Balaban J connectivity index is 1.97. The smallest absolute Gasteiger partial charge is 0.356 e. The van der Waals surface area contributed by atoms with E-state index in [1.165, 1.54) is 0 Å². The molecule has 1 aliphatic heterocycles. The molecule has 17 heavy (non-hydrogen) atoms. The van der Waals surface area contributed by atoms with Crippen molar-refractivity contribution in [1.82, 2.24) is 0 Å². The van der Waals surface area contributed by atoms with Crippen molar-refractivity contribution in [3.63, 3.8) is 0 Å². The second-order valence-corrected chi connectivity index (χ2v) is 4.20. The molecule has 4 heteroatoms. The van der Waals surface area contributed by atoms with E-state index in [0.717, 1.165) is 5.56 Å². The van der Waals surface area contributed by atoms with Gasteiger partial charge in [0.05, 0.1) is 6.10 Å². The highest BCUT2D eigenvalue weighted by atomic mass is 16.6. The van der Waals surface area contributed by atoms with Gasteiger partial charge in [0.25, 0.3) is 0 Å². The predicted molar refractivity (Wildman–Crippen MR) is 63.5 cm³/mol. The summed E-state index contributed by atoms with van der Waals surface area (Å²) < 4.78 is 5.07. The molecule has 1 aliphatic rings. The van der Waals surface area contributed by atoms with E-state index in [4.69, 9.17) is 9.57 Å². The topological polar surface area (TPSA) is 47.9 Å². The lowest BCUT2D eigenvalue weighted by molar-refractivity contribution is -0.139. The average molecular weight is 233 g/mol. The number of benzene rings is 1. The summed E-state index contributed by atoms with van der Waals surface area (Å²) in [5.41, 5.74) is 1.37. The average Bonchev–Trinajstić information content (AvgIpc) is 2.78. The van der Waals surface area contributed by atoms with Crippen LogP contribution in [0.5, 0.6) is 0 Å². The molecule has 4 nitrogen and oxygen atoms in total. The van der Waals surface area contributed by atoms with Gasteiger partial charge < -0.3 is 9.57 Å². The number of esters is 1. The molecular formula is C13H15NO3. The third-order valence-corrected chi connectivity index (χ3v) is 2.42. The quantitative estimate of drug-likeness (QED) is 0.753. The van der Waals surface area contributed by atoms with Crippen LogP contribution in [0.25, 0.3) is 0 Å². The molecule has 0 saturated carbocycles. The van der Waals surface area contributed by atoms with Crippen molar-refractivity contribution in [2.75, 3.05) is 0 Å². The first-order valence-corrected chi connectivity index (χ1v) is 5.65. The molecule has 0 spiro atoms. The molecule has 1 unspecified atom stereocenters. The van der Waals surface area contributed by atoms with Gasteiger partial charge in [-0.3, -0.25) is 0 Å². The summed E-state index contributed by atoms with van der Waals surface area (Å²) in [6, 6.07) is 9.72. The Bertz CT molecular complexity index is 426. The minimum atomic E-state index is -0.390. The zero-order valence-electron chi connectivity index (χ0n) is 9.92. The van der Waals surface area contributed by atoms with Crippen LogP contribution in [-0.4, -0.2) is 17.8 Å². The molecule has 1 atom stereocenters. The third-order valence-electron chi connectivity index (χ3n) is 2.42. The summed E-state index contributed by atoms with van der Waals surface area (Å²) in [5.74, 6) is -0.390. The highest BCUT2D eigenvalue weighted by molar-refractivity contribution is 6.36. The van der Waals surface area contributed by atoms with E-state index in [1.807, 2.05) is 44.2 Å². The zero-order chi connectivity index (χ0) is 12.3. The number of hydrogen-bond acceptors (Lipinski definition) is 4. The van der Waals surface area contributed by atoms with Crippen LogP contribution in [0, 0.1) is 0 Å². The molecule has 0 N–H and O–H groups in total. The molecule has 0 fully saturated rings. The number of nitrogens with zero attached hydrogens (tertiary/aromatic N) is 1. The van der Waals surface area contributed by atoms with Crippen LogP contribution in [-0.2, 0) is 14.4 Å². The molecule has 0 aliphatic carbocycles. The Labute approximate surface area is 100 Å². The van der Waals surface area contributed by atoms with Gasteiger partial charge in [-0.05, 0) is 19.4 Å². The molecule has 90 valence electrons. The highest BCUT2D eigenvalue weighted by Gasteiger charge is 2.28. The molecular weight excluding hydrogens is 218 g/mol. The van der Waals surface area contributed by atoms with Gasteiger partial charge in [0.1, 0.15) is 0 Å². The molecule has 1 heterocycles. The maximum absolute atomic E-state index is 11.6. The van der Waals surface area contributed by atoms with Crippen LogP contribution in [0.3, 0.4) is 0 Å². The standard InChI is InChI=1S/C13H15NO3/c1-9(2)16-13(15)11-8-12(17-14-11)10-6-4-3-5-7-10/h3-7,9,12H,8H2,1-2H3. The minimum Gasteiger partial charge on any atom is -0.458 e. The van der Waals surface area contributed by atoms with Gasteiger partial charge in [-0.25, -0.2) is 4.79 Å². The first-order valence-electron chi connectivity index (χ1n) is 5.65. The van der Waals surface area contributed by atoms with Crippen LogP contribution in [0.4, 0.5) is 0 Å². The summed E-state index contributed by atoms with van der Waals surface area (Å²) in [5, 5.41) is 3.79. The summed E-state index contributed by atoms with van der Waals surface area (Å²) in [6.07, 6.45) is 0.155. The van der Waals surface area contributed by atoms with Crippen molar-refractivity contribution in [2.45, 2.75) is 32.5 Å². The van der Waals surface area contributed by atoms with Crippen LogP contribution in [0.2, 0.25) is 0 Å². The number of carbonyl (C=O) groups is 1. The van der Waals surface area contributed by atoms with Crippen molar-refractivity contribution in [1.29, 1.82) is 0 Å². The SMILES string of the molecule is CC(C)OC(=O)C1=NOC(c2ccccc2)C1. The molecule has 0 amide bonds. The van der Waals surface area contributed by atoms with Gasteiger partial charge in [-0.15, -0.1) is 0 Å². The van der Waals surface area contributed by atoms with Gasteiger partial charge in [-0.1, -0.05) is 35.5 Å². The number of hydrogen-bond donors (Lipinski definition) is 0. The fraction of sp³-hybridized carbons (Fsp3) is 0.385. The van der Waals surface area contributed by atoms with Gasteiger partial charge in [0, 0.05) is 6.42 Å². The van der Waals surface area contributed by atoms with E-state index in [-0.39, 0.29) is 12.2 Å². The molecule has 0 radical (unpaired) electrons. The maximum atomic E-state index is 11.6. The fourth-order valence-corrected chi connectivity index (χ4v) is 1.63. The molecule has 1 aromatic rings. The highest BCUT2D eigenvalue weighted by Crippen LogP contribution is 2.27. The van der Waals surface area contributed by atoms with Gasteiger partial charge in [-0.2, -0.15) is 0 Å². The van der Waals surface area contributed by atoms with Crippen LogP contribution < -0.4 is 0 Å². The van der Waals surface area contributed by atoms with E-state index in [9.17, 15) is 4.79 Å². The Hall–Kier alpha value is -1.84. The molecule has 0 bridgehead atoms. The lowest BCUT2D eigenvalue weighted by atomic mass is 10.0. The van der Waals surface area contributed by atoms with E-state index < -0.39 is 5.97 Å². The molecule has 2 rings (SSSR count). The Morgan fingerprint density at radius 3 is 2.76 bits per heavy atom. The van der Waals surface area contributed by atoms with Crippen molar-refractivity contribution >= 4 is 11.7 Å². The van der Waals surface area contributed by atoms with Crippen LogP contribution in [0.15, 0.2) is 35.5 Å². The van der Waals surface area contributed by atoms with Crippen LogP contribution in [0.1, 0.15) is 31.9 Å². The second-order valence-electron chi connectivity index (χ2n) is 4.20. The summed E-state index contributed by atoms with van der Waals surface area (Å²) in [4.78, 5) is 16.8. The van der Waals surface area contributed by atoms with Gasteiger partial charge in [0.2, 0.25) is 0 Å². The number of rotatable bonds is 3. The fourth-order valence-electron chi connectivity index (χ4n) is 1.63. The maximum Gasteiger partial charge on any atom is 0.356 e. The number of oxime groups is 1. The Morgan fingerprint density at radius 1 is 1.41 bits per heavy atom. The van der Waals surface area contributed by atoms with Gasteiger partial charge in [0.15, 0.2) is 11.8 Å². The van der Waals surface area contributed by atoms with Crippen LogP contribution >= 0.6 is 0 Å². The normalized spacial score (nSPS) is 18.8. The molecule has 0 saturated heterocycles. The van der Waals surface area contributed by atoms with E-state index in [1.54, 1.807) is 0 Å². The largest absolute Gasteiger partial charge is 0.458 e. The monoisotopic (exact) mass is 233 g/mol. The first-order chi connectivity index (χ1) is 8.16. The van der Waals surface area contributed by atoms with Crippen molar-refractivity contribution in [2.24, 2.45) is 5.16 Å². The minimum absolute atomic E-state index is 0.138. The van der Waals surface area contributed by atoms with Crippen molar-refractivity contribution in [3.8, 4) is 0 Å². The van der Waals surface area contributed by atoms with E-state index in [0.29, 0.717) is 12.1 Å².